The molecule has 0 bridgehead atoms. The Bertz CT molecular complexity index is 378. The number of anilines is 2. The molecule has 5 N–H and O–H groups in total. The van der Waals surface area contributed by atoms with Crippen molar-refractivity contribution in [2.75, 3.05) is 37.6 Å². The largest absolute Gasteiger partial charge is 0.464 e. The molecule has 19 heavy (non-hydrogen) atoms. The molecule has 0 radical (unpaired) electrons. The van der Waals surface area contributed by atoms with E-state index < -0.39 is 6.10 Å². The fourth-order valence-electron chi connectivity index (χ4n) is 1.32. The quantitative estimate of drug-likeness (QED) is 0.343. The van der Waals surface area contributed by atoms with Crippen molar-refractivity contribution in [1.82, 2.24) is 15.0 Å². The fourth-order valence-corrected chi connectivity index (χ4v) is 1.32. The van der Waals surface area contributed by atoms with E-state index in [9.17, 15) is 5.11 Å². The lowest BCUT2D eigenvalue weighted by Crippen LogP contribution is -2.20. The van der Waals surface area contributed by atoms with Gasteiger partial charge < -0.3 is 19.9 Å². The van der Waals surface area contributed by atoms with Crippen LogP contribution in [0.15, 0.2) is 0 Å². The molecule has 1 aromatic rings. The number of nitrogens with two attached hydrogens (primary N) is 1. The van der Waals surface area contributed by atoms with Crippen LogP contribution in [0.25, 0.3) is 0 Å². The van der Waals surface area contributed by atoms with Gasteiger partial charge in [-0.2, -0.15) is 15.0 Å². The minimum atomic E-state index is -0.530. The molecule has 0 aliphatic rings. The highest BCUT2D eigenvalue weighted by molar-refractivity contribution is 5.34. The van der Waals surface area contributed by atoms with Gasteiger partial charge in [-0.3, -0.25) is 5.43 Å². The van der Waals surface area contributed by atoms with E-state index in [0.717, 1.165) is 0 Å². The Labute approximate surface area is 111 Å². The van der Waals surface area contributed by atoms with Crippen molar-refractivity contribution in [2.24, 2.45) is 5.84 Å². The average Bonchev–Trinajstić information content (AvgIpc) is 2.39. The highest BCUT2D eigenvalue weighted by Gasteiger charge is 2.07. The van der Waals surface area contributed by atoms with Crippen LogP contribution in [0.4, 0.5) is 11.9 Å². The van der Waals surface area contributed by atoms with Gasteiger partial charge >= 0.3 is 6.01 Å². The summed E-state index contributed by atoms with van der Waals surface area (Å²) in [6, 6.07) is 0.186. The van der Waals surface area contributed by atoms with Gasteiger partial charge in [0.1, 0.15) is 0 Å². The summed E-state index contributed by atoms with van der Waals surface area (Å²) in [5.74, 6) is 5.79. The summed E-state index contributed by atoms with van der Waals surface area (Å²) in [6.07, 6.45) is -0.0210. The molecule has 108 valence electrons. The minimum Gasteiger partial charge on any atom is -0.464 e. The Kier molecular flexibility index (Phi) is 6.79. The first-order chi connectivity index (χ1) is 9.19. The highest BCUT2D eigenvalue weighted by atomic mass is 16.5. The number of aliphatic hydroxyl groups is 1. The molecular weight excluding hydrogens is 252 g/mol. The van der Waals surface area contributed by atoms with E-state index in [4.69, 9.17) is 15.3 Å². The van der Waals surface area contributed by atoms with Gasteiger partial charge in [0.2, 0.25) is 11.9 Å². The summed E-state index contributed by atoms with van der Waals surface area (Å²) in [4.78, 5) is 12.0. The zero-order chi connectivity index (χ0) is 14.1. The highest BCUT2D eigenvalue weighted by Crippen LogP contribution is 2.10. The Balaban J connectivity index is 2.54. The first-order valence-electron chi connectivity index (χ1n) is 5.96. The number of hydrogen-bond acceptors (Lipinski definition) is 9. The van der Waals surface area contributed by atoms with Crippen molar-refractivity contribution in [2.45, 2.75) is 19.4 Å². The molecule has 0 aliphatic heterocycles. The fraction of sp³-hybridized carbons (Fsp3) is 0.700. The Hall–Kier alpha value is -1.71. The smallest absolute Gasteiger partial charge is 0.323 e. The third-order valence-electron chi connectivity index (χ3n) is 2.14. The van der Waals surface area contributed by atoms with E-state index in [2.05, 4.69) is 25.7 Å². The average molecular weight is 272 g/mol. The van der Waals surface area contributed by atoms with Gasteiger partial charge in [-0.25, -0.2) is 5.84 Å². The number of rotatable bonds is 9. The molecule has 0 fully saturated rings. The van der Waals surface area contributed by atoms with E-state index >= 15 is 0 Å². The Morgan fingerprint density at radius 1 is 1.32 bits per heavy atom. The first kappa shape index (κ1) is 15.3. The van der Waals surface area contributed by atoms with Crippen LogP contribution < -0.4 is 21.3 Å². The van der Waals surface area contributed by atoms with Crippen molar-refractivity contribution in [3.8, 4) is 6.01 Å². The molecule has 0 saturated heterocycles. The van der Waals surface area contributed by atoms with E-state index in [1.165, 1.54) is 7.11 Å². The standard InChI is InChI=1S/C10H20N6O3/c1-3-19-10-14-8(13-9(15-10)16-11)12-5-4-7(17)6-18-2/h7,17H,3-6,11H2,1-2H3,(H2,12,13,14,15,16). The number of nitrogens with one attached hydrogen (secondary N) is 2. The number of hydrazine groups is 1. The van der Waals surface area contributed by atoms with Gasteiger partial charge in [-0.05, 0) is 13.3 Å². The van der Waals surface area contributed by atoms with Crippen LogP contribution in [0.5, 0.6) is 6.01 Å². The molecule has 1 atom stereocenters. The molecule has 0 aliphatic carbocycles. The molecule has 9 heteroatoms. The van der Waals surface area contributed by atoms with Crippen LogP contribution in [0.2, 0.25) is 0 Å². The predicted octanol–water partition coefficient (Wildman–Crippen LogP) is -0.635. The Morgan fingerprint density at radius 2 is 2.05 bits per heavy atom. The summed E-state index contributed by atoms with van der Waals surface area (Å²) in [6.45, 7) is 3.05. The topological polar surface area (TPSA) is 127 Å². The normalized spacial score (nSPS) is 12.0. The lowest BCUT2D eigenvalue weighted by molar-refractivity contribution is 0.0615. The third kappa shape index (κ3) is 5.64. The lowest BCUT2D eigenvalue weighted by Gasteiger charge is -2.11. The summed E-state index contributed by atoms with van der Waals surface area (Å²) in [5, 5.41) is 12.4. The van der Waals surface area contributed by atoms with Gasteiger partial charge in [0.05, 0.1) is 19.3 Å². The van der Waals surface area contributed by atoms with E-state index in [1.807, 2.05) is 6.92 Å². The molecule has 1 rings (SSSR count). The summed E-state index contributed by atoms with van der Waals surface area (Å²) >= 11 is 0. The molecule has 9 nitrogen and oxygen atoms in total. The zero-order valence-electron chi connectivity index (χ0n) is 11.1. The molecule has 0 saturated carbocycles. The number of nitrogen functional groups attached to an aromatic ring is 1. The molecule has 1 aromatic heterocycles. The molecule has 0 aromatic carbocycles. The number of ether oxygens (including phenoxy) is 2. The number of aliphatic hydroxyl groups excluding tert-OH is 1. The number of hydrogen-bond donors (Lipinski definition) is 4. The maximum Gasteiger partial charge on any atom is 0.323 e. The summed E-state index contributed by atoms with van der Waals surface area (Å²) in [5.41, 5.74) is 2.33. The second kappa shape index (κ2) is 8.40. The van der Waals surface area contributed by atoms with Gasteiger partial charge in [0, 0.05) is 13.7 Å². The van der Waals surface area contributed by atoms with E-state index in [-0.39, 0.29) is 12.0 Å². The molecule has 0 spiro atoms. The molecule has 1 heterocycles. The van der Waals surface area contributed by atoms with Crippen molar-refractivity contribution in [1.29, 1.82) is 0 Å². The van der Waals surface area contributed by atoms with E-state index in [1.54, 1.807) is 0 Å². The Morgan fingerprint density at radius 3 is 2.68 bits per heavy atom. The maximum atomic E-state index is 9.49. The second-order valence-corrected chi connectivity index (χ2v) is 3.67. The van der Waals surface area contributed by atoms with Crippen LogP contribution in [0.3, 0.4) is 0 Å². The van der Waals surface area contributed by atoms with E-state index in [0.29, 0.717) is 32.1 Å². The van der Waals surface area contributed by atoms with Gasteiger partial charge in [-0.15, -0.1) is 0 Å². The van der Waals surface area contributed by atoms with Crippen LogP contribution in [-0.4, -0.2) is 53.0 Å². The van der Waals surface area contributed by atoms with Gasteiger partial charge in [0.15, 0.2) is 0 Å². The van der Waals surface area contributed by atoms with Crippen molar-refractivity contribution in [3.05, 3.63) is 0 Å². The van der Waals surface area contributed by atoms with Crippen LogP contribution in [-0.2, 0) is 4.74 Å². The predicted molar refractivity (Wildman–Crippen MR) is 69.8 cm³/mol. The van der Waals surface area contributed by atoms with Crippen molar-refractivity contribution < 1.29 is 14.6 Å². The number of aromatic nitrogens is 3. The van der Waals surface area contributed by atoms with Crippen LogP contribution in [0.1, 0.15) is 13.3 Å². The van der Waals surface area contributed by atoms with Crippen molar-refractivity contribution in [3.63, 3.8) is 0 Å². The second-order valence-electron chi connectivity index (χ2n) is 3.67. The monoisotopic (exact) mass is 272 g/mol. The molecular formula is C10H20N6O3. The third-order valence-corrected chi connectivity index (χ3v) is 2.14. The minimum absolute atomic E-state index is 0.186. The number of nitrogens with zero attached hydrogens (tertiary/aromatic N) is 3. The first-order valence-corrected chi connectivity index (χ1v) is 5.96. The number of methoxy groups -OCH3 is 1. The van der Waals surface area contributed by atoms with Crippen molar-refractivity contribution >= 4 is 11.9 Å². The summed E-state index contributed by atoms with van der Waals surface area (Å²) in [7, 11) is 1.54. The van der Waals surface area contributed by atoms with Gasteiger partial charge in [0.25, 0.3) is 0 Å². The van der Waals surface area contributed by atoms with Gasteiger partial charge in [-0.1, -0.05) is 0 Å². The SMILES string of the molecule is CCOc1nc(NN)nc(NCCC(O)COC)n1. The molecule has 0 amide bonds. The maximum absolute atomic E-state index is 9.49. The summed E-state index contributed by atoms with van der Waals surface area (Å²) < 4.78 is 10.0. The lowest BCUT2D eigenvalue weighted by atomic mass is 10.3. The zero-order valence-corrected chi connectivity index (χ0v) is 11.1. The van der Waals surface area contributed by atoms with Crippen LogP contribution >= 0.6 is 0 Å². The van der Waals surface area contributed by atoms with Crippen LogP contribution in [0, 0.1) is 0 Å². The molecule has 1 unspecified atom stereocenters.